The predicted octanol–water partition coefficient (Wildman–Crippen LogP) is 1.60. The Bertz CT molecular complexity index is 236. The molecule has 0 atom stereocenters. The van der Waals surface area contributed by atoms with Gasteiger partial charge in [-0.05, 0) is 25.7 Å². The van der Waals surface area contributed by atoms with Gasteiger partial charge >= 0.3 is 0 Å². The Labute approximate surface area is 72.7 Å². The largest absolute Gasteiger partial charge is 0.350 e. The van der Waals surface area contributed by atoms with Crippen LogP contribution in [0.2, 0.25) is 0 Å². The Balaban J connectivity index is 1.97. The fraction of sp³-hybridized carbons (Fsp3) is 0.900. The van der Waals surface area contributed by atoms with Crippen LogP contribution < -0.4 is 5.32 Å². The predicted molar refractivity (Wildman–Crippen MR) is 45.6 cm³/mol. The normalized spacial score (nSPS) is 34.5. The van der Waals surface area contributed by atoms with Crippen LogP contribution in [-0.2, 0) is 4.79 Å². The fourth-order valence-electron chi connectivity index (χ4n) is 3.41. The van der Waals surface area contributed by atoms with E-state index in [-0.39, 0.29) is 0 Å². The lowest BCUT2D eigenvalue weighted by atomic mass is 9.77. The minimum Gasteiger partial charge on any atom is -0.350 e. The Morgan fingerprint density at radius 2 is 1.75 bits per heavy atom. The third-order valence-electron chi connectivity index (χ3n) is 4.20. The fourth-order valence-corrected chi connectivity index (χ4v) is 3.41. The Morgan fingerprint density at radius 1 is 1.08 bits per heavy atom. The molecule has 2 aliphatic carbocycles. The van der Waals surface area contributed by atoms with Gasteiger partial charge in [0.25, 0.3) is 0 Å². The first-order valence-electron chi connectivity index (χ1n) is 5.08. The van der Waals surface area contributed by atoms with Crippen molar-refractivity contribution in [2.75, 3.05) is 0 Å². The van der Waals surface area contributed by atoms with Gasteiger partial charge in [0, 0.05) is 17.4 Å². The third-order valence-corrected chi connectivity index (χ3v) is 4.20. The zero-order valence-corrected chi connectivity index (χ0v) is 7.36. The van der Waals surface area contributed by atoms with Crippen LogP contribution in [-0.4, -0.2) is 11.4 Å². The van der Waals surface area contributed by atoms with Gasteiger partial charge in [-0.2, -0.15) is 0 Å². The molecule has 2 spiro atoms. The van der Waals surface area contributed by atoms with E-state index in [1.807, 2.05) is 0 Å². The first-order chi connectivity index (χ1) is 5.77. The minimum absolute atomic E-state index is 0.292. The van der Waals surface area contributed by atoms with E-state index < -0.39 is 0 Å². The lowest BCUT2D eigenvalue weighted by Gasteiger charge is -2.29. The maximum absolute atomic E-state index is 11.3. The van der Waals surface area contributed by atoms with E-state index in [0.717, 1.165) is 6.42 Å². The number of carbonyl (C=O) groups excluding carboxylic acids is 1. The van der Waals surface area contributed by atoms with Crippen LogP contribution in [0.4, 0.5) is 0 Å². The molecule has 0 aromatic rings. The first-order valence-corrected chi connectivity index (χ1v) is 5.08. The van der Waals surface area contributed by atoms with Gasteiger partial charge in [0.05, 0.1) is 0 Å². The molecule has 12 heavy (non-hydrogen) atoms. The van der Waals surface area contributed by atoms with E-state index in [2.05, 4.69) is 5.32 Å². The summed E-state index contributed by atoms with van der Waals surface area (Å²) in [5, 5.41) is 3.20. The summed E-state index contributed by atoms with van der Waals surface area (Å²) < 4.78 is 0. The van der Waals surface area contributed by atoms with Crippen LogP contribution in [0.25, 0.3) is 0 Å². The zero-order valence-electron chi connectivity index (χ0n) is 7.36. The number of fused-ring (bicyclic) bond motifs is 1. The third kappa shape index (κ3) is 0.644. The molecule has 1 saturated heterocycles. The van der Waals surface area contributed by atoms with Crippen LogP contribution in [0.1, 0.15) is 44.9 Å². The quantitative estimate of drug-likeness (QED) is 0.580. The number of hydrogen-bond acceptors (Lipinski definition) is 1. The summed E-state index contributed by atoms with van der Waals surface area (Å²) in [5.41, 5.74) is 0.699. The average Bonchev–Trinajstić information content (AvgIpc) is 2.58. The van der Waals surface area contributed by atoms with Gasteiger partial charge in [0.1, 0.15) is 0 Å². The molecule has 0 unspecified atom stereocenters. The van der Waals surface area contributed by atoms with Crippen LogP contribution in [0.3, 0.4) is 0 Å². The van der Waals surface area contributed by atoms with Crippen molar-refractivity contribution in [2.24, 2.45) is 5.41 Å². The second kappa shape index (κ2) is 1.86. The monoisotopic (exact) mass is 165 g/mol. The molecule has 2 saturated carbocycles. The highest BCUT2D eigenvalue weighted by Gasteiger charge is 2.64. The summed E-state index contributed by atoms with van der Waals surface area (Å²) >= 11 is 0. The molecule has 1 aliphatic heterocycles. The van der Waals surface area contributed by atoms with Gasteiger partial charge in [-0.1, -0.05) is 12.8 Å². The molecule has 1 N–H and O–H groups in total. The van der Waals surface area contributed by atoms with Crippen molar-refractivity contribution >= 4 is 5.91 Å². The van der Waals surface area contributed by atoms with E-state index in [0.29, 0.717) is 16.9 Å². The highest BCUT2D eigenvalue weighted by Crippen LogP contribution is 2.62. The highest BCUT2D eigenvalue weighted by atomic mass is 16.2. The second-order valence-corrected chi connectivity index (χ2v) is 4.79. The van der Waals surface area contributed by atoms with E-state index in [4.69, 9.17) is 0 Å². The maximum atomic E-state index is 11.3. The Kier molecular flexibility index (Phi) is 1.07. The number of rotatable bonds is 0. The van der Waals surface area contributed by atoms with Gasteiger partial charge in [-0.15, -0.1) is 0 Å². The van der Waals surface area contributed by atoms with Gasteiger partial charge < -0.3 is 5.32 Å². The van der Waals surface area contributed by atoms with E-state index in [9.17, 15) is 4.79 Å². The molecule has 3 rings (SSSR count). The molecule has 3 fully saturated rings. The molecule has 2 heteroatoms. The summed E-state index contributed by atoms with van der Waals surface area (Å²) in [6.07, 6.45) is 8.61. The number of carbonyl (C=O) groups is 1. The van der Waals surface area contributed by atoms with E-state index in [1.165, 1.54) is 38.5 Å². The van der Waals surface area contributed by atoms with E-state index >= 15 is 0 Å². The molecule has 0 aromatic carbocycles. The number of nitrogens with one attached hydrogen (secondary N) is 1. The standard InChI is InChI=1S/C10H15NO/c12-8-7-9(3-1-2-4-9)10(11-8)5-6-10/h1-7H2,(H,11,12). The van der Waals surface area contributed by atoms with Gasteiger partial charge in [-0.25, -0.2) is 0 Å². The van der Waals surface area contributed by atoms with Crippen molar-refractivity contribution in [3.8, 4) is 0 Å². The van der Waals surface area contributed by atoms with Crippen molar-refractivity contribution in [1.29, 1.82) is 0 Å². The molecule has 0 radical (unpaired) electrons. The maximum Gasteiger partial charge on any atom is 0.221 e. The molecule has 66 valence electrons. The summed E-state index contributed by atoms with van der Waals surface area (Å²) in [5.74, 6) is 0.314. The van der Waals surface area contributed by atoms with E-state index in [1.54, 1.807) is 0 Å². The molecule has 2 nitrogen and oxygen atoms in total. The van der Waals surface area contributed by atoms with Crippen molar-refractivity contribution < 1.29 is 4.79 Å². The van der Waals surface area contributed by atoms with Crippen LogP contribution in [0.15, 0.2) is 0 Å². The highest BCUT2D eigenvalue weighted by molar-refractivity contribution is 5.82. The van der Waals surface area contributed by atoms with Gasteiger partial charge in [0.15, 0.2) is 0 Å². The molecule has 0 bridgehead atoms. The van der Waals surface area contributed by atoms with Crippen LogP contribution in [0.5, 0.6) is 0 Å². The molecular weight excluding hydrogens is 150 g/mol. The molecule has 1 amide bonds. The minimum atomic E-state index is 0.292. The topological polar surface area (TPSA) is 29.1 Å². The summed E-state index contributed by atoms with van der Waals surface area (Å²) in [6, 6.07) is 0. The summed E-state index contributed by atoms with van der Waals surface area (Å²) in [4.78, 5) is 11.3. The average molecular weight is 165 g/mol. The van der Waals surface area contributed by atoms with Crippen molar-refractivity contribution in [3.63, 3.8) is 0 Å². The molecule has 1 heterocycles. The van der Waals surface area contributed by atoms with Gasteiger partial charge in [-0.3, -0.25) is 4.79 Å². The number of hydrogen-bond donors (Lipinski definition) is 1. The second-order valence-electron chi connectivity index (χ2n) is 4.79. The van der Waals surface area contributed by atoms with Crippen molar-refractivity contribution in [1.82, 2.24) is 5.32 Å². The Morgan fingerprint density at radius 3 is 2.33 bits per heavy atom. The molecular formula is C10H15NO. The lowest BCUT2D eigenvalue weighted by Crippen LogP contribution is -2.37. The van der Waals surface area contributed by atoms with Crippen LogP contribution >= 0.6 is 0 Å². The molecule has 3 aliphatic rings. The SMILES string of the molecule is O=C1CC2(CCCC2)C2(CC2)N1. The summed E-state index contributed by atoms with van der Waals surface area (Å²) in [6.45, 7) is 0. The van der Waals surface area contributed by atoms with Gasteiger partial charge in [0.2, 0.25) is 5.91 Å². The lowest BCUT2D eigenvalue weighted by molar-refractivity contribution is -0.119. The smallest absolute Gasteiger partial charge is 0.221 e. The van der Waals surface area contributed by atoms with Crippen molar-refractivity contribution in [3.05, 3.63) is 0 Å². The number of amides is 1. The van der Waals surface area contributed by atoms with Crippen LogP contribution in [0, 0.1) is 5.41 Å². The first kappa shape index (κ1) is 6.93. The Hall–Kier alpha value is -0.530. The zero-order chi connectivity index (χ0) is 8.23. The molecule has 0 aromatic heterocycles. The van der Waals surface area contributed by atoms with Crippen molar-refractivity contribution in [2.45, 2.75) is 50.5 Å². The summed E-state index contributed by atoms with van der Waals surface area (Å²) in [7, 11) is 0.